The molecule has 0 radical (unpaired) electrons. The van der Waals surface area contributed by atoms with Gasteiger partial charge in [-0.15, -0.1) is 0 Å². The number of hydrogen-bond donors (Lipinski definition) is 1. The smallest absolute Gasteiger partial charge is 0.269 e. The second kappa shape index (κ2) is 8.16. The van der Waals surface area contributed by atoms with Crippen LogP contribution < -0.4 is 5.32 Å². The van der Waals surface area contributed by atoms with E-state index in [0.29, 0.717) is 23.8 Å². The van der Waals surface area contributed by atoms with Gasteiger partial charge in [-0.05, 0) is 37.1 Å². The van der Waals surface area contributed by atoms with Crippen molar-refractivity contribution in [3.63, 3.8) is 0 Å². The van der Waals surface area contributed by atoms with Crippen molar-refractivity contribution < 1.29 is 9.45 Å². The van der Waals surface area contributed by atoms with Crippen LogP contribution in [0.2, 0.25) is 0 Å². The van der Waals surface area contributed by atoms with Crippen LogP contribution in [-0.4, -0.2) is 24.8 Å². The average molecular weight is 404 g/mol. The summed E-state index contributed by atoms with van der Waals surface area (Å²) in [5, 5.41) is 22.6. The molecule has 9 nitrogen and oxygen atoms in total. The minimum absolute atomic E-state index is 0.0156. The molecule has 9 heteroatoms. The first-order valence-electron chi connectivity index (χ1n) is 9.51. The standard InChI is InChI=1S/C21H20N6O3/c1-3-18-17(12-23-26(18)19-7-5-4-6-14(19)2)22-13-20-24-21(25-30-20)15-8-10-16(11-9-15)27(28)29/h4-12,22H,3,13H2,1-2H3. The van der Waals surface area contributed by atoms with Gasteiger partial charge in [0, 0.05) is 17.7 Å². The van der Waals surface area contributed by atoms with Crippen LogP contribution in [0.1, 0.15) is 24.1 Å². The first-order valence-corrected chi connectivity index (χ1v) is 9.51. The Balaban J connectivity index is 1.49. The Bertz CT molecular complexity index is 1180. The minimum Gasteiger partial charge on any atom is -0.373 e. The summed E-state index contributed by atoms with van der Waals surface area (Å²) in [6.45, 7) is 4.48. The van der Waals surface area contributed by atoms with Gasteiger partial charge in [0.15, 0.2) is 0 Å². The van der Waals surface area contributed by atoms with Crippen LogP contribution in [0.5, 0.6) is 0 Å². The quantitative estimate of drug-likeness (QED) is 0.361. The maximum atomic E-state index is 10.8. The van der Waals surface area contributed by atoms with E-state index < -0.39 is 4.92 Å². The summed E-state index contributed by atoms with van der Waals surface area (Å²) < 4.78 is 7.26. The van der Waals surface area contributed by atoms with Gasteiger partial charge in [-0.3, -0.25) is 10.1 Å². The molecule has 0 aliphatic carbocycles. The highest BCUT2D eigenvalue weighted by atomic mass is 16.6. The first-order chi connectivity index (χ1) is 14.6. The molecule has 0 atom stereocenters. The predicted octanol–water partition coefficient (Wildman–Crippen LogP) is 4.31. The zero-order valence-electron chi connectivity index (χ0n) is 16.6. The van der Waals surface area contributed by atoms with Crippen molar-refractivity contribution in [1.29, 1.82) is 0 Å². The van der Waals surface area contributed by atoms with Gasteiger partial charge in [-0.2, -0.15) is 10.1 Å². The fourth-order valence-corrected chi connectivity index (χ4v) is 3.22. The largest absolute Gasteiger partial charge is 0.373 e. The lowest BCUT2D eigenvalue weighted by Gasteiger charge is -2.10. The summed E-state index contributed by atoms with van der Waals surface area (Å²) in [5.41, 5.74) is 4.81. The molecule has 0 unspecified atom stereocenters. The maximum Gasteiger partial charge on any atom is 0.269 e. The molecule has 0 amide bonds. The van der Waals surface area contributed by atoms with Gasteiger partial charge >= 0.3 is 0 Å². The van der Waals surface area contributed by atoms with E-state index in [4.69, 9.17) is 4.52 Å². The number of aromatic nitrogens is 4. The molecule has 2 aromatic carbocycles. The summed E-state index contributed by atoms with van der Waals surface area (Å²) in [7, 11) is 0. The van der Waals surface area contributed by atoms with Crippen molar-refractivity contribution in [2.24, 2.45) is 0 Å². The van der Waals surface area contributed by atoms with Crippen molar-refractivity contribution in [2.75, 3.05) is 5.32 Å². The molecule has 0 saturated heterocycles. The van der Waals surface area contributed by atoms with E-state index >= 15 is 0 Å². The van der Waals surface area contributed by atoms with E-state index in [1.807, 2.05) is 22.9 Å². The Hall–Kier alpha value is -4.01. The van der Waals surface area contributed by atoms with Crippen LogP contribution in [-0.2, 0) is 13.0 Å². The second-order valence-corrected chi connectivity index (χ2v) is 6.73. The molecular formula is C21H20N6O3. The molecule has 0 aliphatic heterocycles. The van der Waals surface area contributed by atoms with Gasteiger partial charge in [-0.1, -0.05) is 30.3 Å². The predicted molar refractivity (Wildman–Crippen MR) is 111 cm³/mol. The number of para-hydroxylation sites is 1. The van der Waals surface area contributed by atoms with Crippen LogP contribution in [0, 0.1) is 17.0 Å². The van der Waals surface area contributed by atoms with E-state index in [0.717, 1.165) is 29.1 Å². The highest BCUT2D eigenvalue weighted by Crippen LogP contribution is 2.23. The highest BCUT2D eigenvalue weighted by molar-refractivity contribution is 5.57. The molecule has 152 valence electrons. The molecule has 2 heterocycles. The topological polar surface area (TPSA) is 112 Å². The van der Waals surface area contributed by atoms with E-state index in [1.54, 1.807) is 18.3 Å². The number of nitrogens with zero attached hydrogens (tertiary/aromatic N) is 5. The number of aryl methyl sites for hydroxylation is 1. The van der Waals surface area contributed by atoms with Crippen LogP contribution in [0.25, 0.3) is 17.1 Å². The molecule has 0 aliphatic rings. The Kier molecular flexibility index (Phi) is 5.25. The van der Waals surface area contributed by atoms with Gasteiger partial charge in [0.05, 0.1) is 34.7 Å². The van der Waals surface area contributed by atoms with Crippen molar-refractivity contribution in [1.82, 2.24) is 19.9 Å². The van der Waals surface area contributed by atoms with Crippen molar-refractivity contribution >= 4 is 11.4 Å². The second-order valence-electron chi connectivity index (χ2n) is 6.73. The average Bonchev–Trinajstić information content (AvgIpc) is 3.39. The fraction of sp³-hybridized carbons (Fsp3) is 0.190. The number of benzene rings is 2. The summed E-state index contributed by atoms with van der Waals surface area (Å²) in [6, 6.07) is 14.1. The molecule has 0 fully saturated rings. The molecule has 1 N–H and O–H groups in total. The fourth-order valence-electron chi connectivity index (χ4n) is 3.22. The maximum absolute atomic E-state index is 10.8. The summed E-state index contributed by atoms with van der Waals surface area (Å²) in [4.78, 5) is 14.7. The van der Waals surface area contributed by atoms with Gasteiger partial charge in [0.2, 0.25) is 11.7 Å². The molecule has 0 spiro atoms. The Morgan fingerprint density at radius 2 is 1.93 bits per heavy atom. The van der Waals surface area contributed by atoms with E-state index in [1.165, 1.54) is 12.1 Å². The third kappa shape index (κ3) is 3.77. The lowest BCUT2D eigenvalue weighted by molar-refractivity contribution is -0.384. The number of nitrogens with one attached hydrogen (secondary N) is 1. The van der Waals surface area contributed by atoms with E-state index in [9.17, 15) is 10.1 Å². The lowest BCUT2D eigenvalue weighted by Crippen LogP contribution is -2.06. The summed E-state index contributed by atoms with van der Waals surface area (Å²) in [6.07, 6.45) is 2.59. The van der Waals surface area contributed by atoms with Crippen LogP contribution in [0.15, 0.2) is 59.3 Å². The zero-order chi connectivity index (χ0) is 21.1. The normalized spacial score (nSPS) is 10.9. The van der Waals surface area contributed by atoms with Crippen molar-refractivity contribution in [3.8, 4) is 17.1 Å². The van der Waals surface area contributed by atoms with Crippen LogP contribution >= 0.6 is 0 Å². The lowest BCUT2D eigenvalue weighted by atomic mass is 10.2. The number of anilines is 1. The molecular weight excluding hydrogens is 384 g/mol. The van der Waals surface area contributed by atoms with Crippen molar-refractivity contribution in [3.05, 3.63) is 82.0 Å². The molecule has 2 aromatic heterocycles. The minimum atomic E-state index is -0.447. The van der Waals surface area contributed by atoms with E-state index in [2.05, 4.69) is 40.5 Å². The van der Waals surface area contributed by atoms with Gasteiger partial charge in [-0.25, -0.2) is 4.68 Å². The summed E-state index contributed by atoms with van der Waals surface area (Å²) in [5.74, 6) is 0.794. The third-order valence-corrected chi connectivity index (χ3v) is 4.78. The molecule has 4 rings (SSSR count). The highest BCUT2D eigenvalue weighted by Gasteiger charge is 2.14. The van der Waals surface area contributed by atoms with Gasteiger partial charge in [0.1, 0.15) is 0 Å². The van der Waals surface area contributed by atoms with E-state index in [-0.39, 0.29) is 5.69 Å². The number of nitro benzene ring substituents is 1. The van der Waals surface area contributed by atoms with Gasteiger partial charge < -0.3 is 9.84 Å². The monoisotopic (exact) mass is 404 g/mol. The SMILES string of the molecule is CCc1c(NCc2nc(-c3ccc([N+](=O)[O-])cc3)no2)cnn1-c1ccccc1C. The number of rotatable bonds is 7. The number of hydrogen-bond acceptors (Lipinski definition) is 7. The molecule has 0 bridgehead atoms. The van der Waals surface area contributed by atoms with Crippen LogP contribution in [0.4, 0.5) is 11.4 Å². The Morgan fingerprint density at radius 3 is 2.63 bits per heavy atom. The number of nitro groups is 1. The van der Waals surface area contributed by atoms with Crippen LogP contribution in [0.3, 0.4) is 0 Å². The van der Waals surface area contributed by atoms with Crippen molar-refractivity contribution in [2.45, 2.75) is 26.8 Å². The molecule has 0 saturated carbocycles. The molecule has 30 heavy (non-hydrogen) atoms. The van der Waals surface area contributed by atoms with Gasteiger partial charge in [0.25, 0.3) is 5.69 Å². The first kappa shape index (κ1) is 19.3. The molecule has 4 aromatic rings. The number of non-ortho nitro benzene ring substituents is 1. The zero-order valence-corrected chi connectivity index (χ0v) is 16.6. The Morgan fingerprint density at radius 1 is 1.17 bits per heavy atom. The Labute approximate surface area is 172 Å². The summed E-state index contributed by atoms with van der Waals surface area (Å²) >= 11 is 0. The third-order valence-electron chi connectivity index (χ3n) is 4.78.